The topological polar surface area (TPSA) is 69.0 Å². The average molecular weight is 368 g/mol. The summed E-state index contributed by atoms with van der Waals surface area (Å²) in [4.78, 5) is 12.3. The zero-order valence-corrected chi connectivity index (χ0v) is 15.3. The van der Waals surface area contributed by atoms with Crippen LogP contribution < -0.4 is 5.32 Å². The Balaban J connectivity index is 1.56. The number of rotatable bonds is 8. The fourth-order valence-corrected chi connectivity index (χ4v) is 3.22. The number of carbonyl (C=O) groups excluding carboxylic acids is 1. The molecule has 0 unspecified atom stereocenters. The van der Waals surface area contributed by atoms with Gasteiger partial charge in [-0.25, -0.2) is 0 Å². The number of carbonyl (C=O) groups is 1. The highest BCUT2D eigenvalue weighted by molar-refractivity contribution is 7.98. The van der Waals surface area contributed by atoms with E-state index >= 15 is 0 Å². The quantitative estimate of drug-likeness (QED) is 0.617. The van der Waals surface area contributed by atoms with E-state index in [1.54, 1.807) is 25.2 Å². The second-order valence-corrected chi connectivity index (χ2v) is 6.55. The molecule has 0 saturated heterocycles. The van der Waals surface area contributed by atoms with Crippen LogP contribution in [0.15, 0.2) is 66.1 Å². The average Bonchev–Trinajstić information content (AvgIpc) is 3.13. The van der Waals surface area contributed by atoms with Crippen LogP contribution in [0, 0.1) is 0 Å². The number of ether oxygens (including phenoxy) is 1. The minimum atomic E-state index is -0.116. The molecule has 134 valence electrons. The van der Waals surface area contributed by atoms with Crippen LogP contribution in [0.25, 0.3) is 0 Å². The third-order valence-corrected chi connectivity index (χ3v) is 4.78. The molecule has 0 aliphatic carbocycles. The molecule has 1 aromatic heterocycles. The van der Waals surface area contributed by atoms with Gasteiger partial charge in [0.05, 0.1) is 6.61 Å². The summed E-state index contributed by atoms with van der Waals surface area (Å²) in [5, 5.41) is 11.8. The molecule has 26 heavy (non-hydrogen) atoms. The van der Waals surface area contributed by atoms with E-state index in [9.17, 15) is 4.79 Å². The zero-order valence-electron chi connectivity index (χ0n) is 14.5. The lowest BCUT2D eigenvalue weighted by molar-refractivity contribution is 0.102. The number of hydrogen-bond acceptors (Lipinski definition) is 5. The highest BCUT2D eigenvalue weighted by Gasteiger charge is 2.08. The second-order valence-electron chi connectivity index (χ2n) is 5.61. The Morgan fingerprint density at radius 1 is 1.15 bits per heavy atom. The summed E-state index contributed by atoms with van der Waals surface area (Å²) in [5.41, 5.74) is 2.53. The Bertz CT molecular complexity index is 834. The summed E-state index contributed by atoms with van der Waals surface area (Å²) < 4.78 is 7.06. The van der Waals surface area contributed by atoms with E-state index in [0.29, 0.717) is 12.2 Å². The van der Waals surface area contributed by atoms with Crippen molar-refractivity contribution < 1.29 is 9.53 Å². The van der Waals surface area contributed by atoms with Crippen molar-refractivity contribution in [2.75, 3.05) is 19.0 Å². The number of para-hydroxylation sites is 1. The first-order valence-electron chi connectivity index (χ1n) is 8.21. The van der Waals surface area contributed by atoms with Gasteiger partial charge in [0.25, 0.3) is 5.91 Å². The summed E-state index contributed by atoms with van der Waals surface area (Å²) in [6, 6.07) is 17.0. The molecule has 3 aromatic rings. The molecule has 0 aliphatic heterocycles. The van der Waals surface area contributed by atoms with Gasteiger partial charge in [0.2, 0.25) is 0 Å². The predicted octanol–water partition coefficient (Wildman–Crippen LogP) is 3.47. The third kappa shape index (κ3) is 4.93. The maximum atomic E-state index is 12.3. The molecule has 2 aromatic carbocycles. The SMILES string of the molecule is COCCn1cnnc1SCc1ccc(C(=O)Nc2ccccc2)cc1. The fourth-order valence-electron chi connectivity index (χ4n) is 2.32. The Morgan fingerprint density at radius 2 is 1.92 bits per heavy atom. The van der Waals surface area contributed by atoms with Gasteiger partial charge in [-0.05, 0) is 29.8 Å². The van der Waals surface area contributed by atoms with Crippen LogP contribution in [0.5, 0.6) is 0 Å². The first-order chi connectivity index (χ1) is 12.8. The van der Waals surface area contributed by atoms with Crippen molar-refractivity contribution in [2.24, 2.45) is 0 Å². The summed E-state index contributed by atoms with van der Waals surface area (Å²) in [6.45, 7) is 1.35. The third-order valence-electron chi connectivity index (χ3n) is 3.73. The van der Waals surface area contributed by atoms with Crippen molar-refractivity contribution in [3.05, 3.63) is 72.1 Å². The maximum absolute atomic E-state index is 12.3. The molecule has 7 heteroatoms. The highest BCUT2D eigenvalue weighted by Crippen LogP contribution is 2.21. The van der Waals surface area contributed by atoms with Crippen molar-refractivity contribution >= 4 is 23.4 Å². The van der Waals surface area contributed by atoms with Crippen molar-refractivity contribution in [3.63, 3.8) is 0 Å². The number of methoxy groups -OCH3 is 1. The summed E-state index contributed by atoms with van der Waals surface area (Å²) in [6.07, 6.45) is 1.71. The molecule has 0 aliphatic rings. The molecule has 1 heterocycles. The normalized spacial score (nSPS) is 10.7. The largest absolute Gasteiger partial charge is 0.383 e. The van der Waals surface area contributed by atoms with E-state index in [1.807, 2.05) is 59.2 Å². The highest BCUT2D eigenvalue weighted by atomic mass is 32.2. The molecule has 3 rings (SSSR count). The van der Waals surface area contributed by atoms with Crippen LogP contribution in [0.3, 0.4) is 0 Å². The minimum Gasteiger partial charge on any atom is -0.383 e. The smallest absolute Gasteiger partial charge is 0.255 e. The Hall–Kier alpha value is -2.64. The number of benzene rings is 2. The molecule has 0 saturated carbocycles. The molecule has 1 N–H and O–H groups in total. The Kier molecular flexibility index (Phi) is 6.40. The summed E-state index contributed by atoms with van der Waals surface area (Å²) in [5.74, 6) is 0.640. The molecule has 6 nitrogen and oxygen atoms in total. The molecule has 0 bridgehead atoms. The van der Waals surface area contributed by atoms with Crippen molar-refractivity contribution in [3.8, 4) is 0 Å². The zero-order chi connectivity index (χ0) is 18.2. The lowest BCUT2D eigenvalue weighted by atomic mass is 10.1. The molecular formula is C19H20N4O2S. The molecular weight excluding hydrogens is 348 g/mol. The molecule has 0 atom stereocenters. The number of hydrogen-bond donors (Lipinski definition) is 1. The van der Waals surface area contributed by atoms with Crippen LogP contribution in [-0.4, -0.2) is 34.4 Å². The number of amides is 1. The van der Waals surface area contributed by atoms with Crippen LogP contribution >= 0.6 is 11.8 Å². The summed E-state index contributed by atoms with van der Waals surface area (Å²) in [7, 11) is 1.67. The van der Waals surface area contributed by atoms with E-state index < -0.39 is 0 Å². The van der Waals surface area contributed by atoms with E-state index in [4.69, 9.17) is 4.74 Å². The first-order valence-corrected chi connectivity index (χ1v) is 9.19. The van der Waals surface area contributed by atoms with Crippen LogP contribution in [0.1, 0.15) is 15.9 Å². The van der Waals surface area contributed by atoms with Gasteiger partial charge in [-0.1, -0.05) is 42.1 Å². The van der Waals surface area contributed by atoms with E-state index in [2.05, 4.69) is 15.5 Å². The molecule has 0 radical (unpaired) electrons. The summed E-state index contributed by atoms with van der Waals surface area (Å²) >= 11 is 1.61. The molecule has 1 amide bonds. The predicted molar refractivity (Wildman–Crippen MR) is 102 cm³/mol. The van der Waals surface area contributed by atoms with E-state index in [-0.39, 0.29) is 5.91 Å². The first kappa shape index (κ1) is 18.2. The van der Waals surface area contributed by atoms with Gasteiger partial charge in [0, 0.05) is 30.7 Å². The standard InChI is InChI=1S/C19H20N4O2S/c1-25-12-11-23-14-20-22-19(23)26-13-15-7-9-16(10-8-15)18(24)21-17-5-3-2-4-6-17/h2-10,14H,11-13H2,1H3,(H,21,24). The molecule has 0 fully saturated rings. The second kappa shape index (κ2) is 9.17. The van der Waals surface area contributed by atoms with E-state index in [0.717, 1.165) is 28.7 Å². The van der Waals surface area contributed by atoms with Gasteiger partial charge in [-0.2, -0.15) is 0 Å². The van der Waals surface area contributed by atoms with Crippen LogP contribution in [0.4, 0.5) is 5.69 Å². The van der Waals surface area contributed by atoms with Gasteiger partial charge in [0.1, 0.15) is 6.33 Å². The van der Waals surface area contributed by atoms with Gasteiger partial charge >= 0.3 is 0 Å². The number of aromatic nitrogens is 3. The van der Waals surface area contributed by atoms with Crippen LogP contribution in [0.2, 0.25) is 0 Å². The lowest BCUT2D eigenvalue weighted by Crippen LogP contribution is -2.11. The van der Waals surface area contributed by atoms with Crippen molar-refractivity contribution in [1.29, 1.82) is 0 Å². The van der Waals surface area contributed by atoms with Gasteiger partial charge in [-0.3, -0.25) is 4.79 Å². The van der Waals surface area contributed by atoms with Crippen LogP contribution in [-0.2, 0) is 17.0 Å². The van der Waals surface area contributed by atoms with Crippen molar-refractivity contribution in [2.45, 2.75) is 17.5 Å². The van der Waals surface area contributed by atoms with Gasteiger partial charge in [0.15, 0.2) is 5.16 Å². The minimum absolute atomic E-state index is 0.116. The van der Waals surface area contributed by atoms with Gasteiger partial charge in [-0.15, -0.1) is 10.2 Å². The maximum Gasteiger partial charge on any atom is 0.255 e. The number of nitrogens with one attached hydrogen (secondary N) is 1. The monoisotopic (exact) mass is 368 g/mol. The molecule has 0 spiro atoms. The van der Waals surface area contributed by atoms with Crippen molar-refractivity contribution in [1.82, 2.24) is 14.8 Å². The Morgan fingerprint density at radius 3 is 2.65 bits per heavy atom. The number of anilines is 1. The van der Waals surface area contributed by atoms with E-state index in [1.165, 1.54) is 0 Å². The number of thioether (sulfide) groups is 1. The fraction of sp³-hybridized carbons (Fsp3) is 0.211. The number of nitrogens with zero attached hydrogens (tertiary/aromatic N) is 3. The Labute approximate surface area is 156 Å². The lowest BCUT2D eigenvalue weighted by Gasteiger charge is -2.07. The van der Waals surface area contributed by atoms with Gasteiger partial charge < -0.3 is 14.6 Å².